The van der Waals surface area contributed by atoms with E-state index in [1.54, 1.807) is 4.90 Å². The molecule has 2 aliphatic heterocycles. The summed E-state index contributed by atoms with van der Waals surface area (Å²) in [5.74, 6) is 0.151. The van der Waals surface area contributed by atoms with E-state index in [1.807, 2.05) is 13.0 Å². The van der Waals surface area contributed by atoms with Crippen molar-refractivity contribution in [2.45, 2.75) is 50.2 Å². The molecule has 1 amide bonds. The van der Waals surface area contributed by atoms with Crippen molar-refractivity contribution >= 4 is 6.09 Å². The van der Waals surface area contributed by atoms with Gasteiger partial charge in [0.25, 0.3) is 0 Å². The number of carbonyl (C=O) groups excluding carboxylic acids is 1. The third-order valence-corrected chi connectivity index (χ3v) is 7.36. The lowest BCUT2D eigenvalue weighted by Crippen LogP contribution is -2.59. The van der Waals surface area contributed by atoms with Gasteiger partial charge in [-0.1, -0.05) is 0 Å². The molecule has 2 aliphatic carbocycles. The first-order valence-electron chi connectivity index (χ1n) is 12.4. The Morgan fingerprint density at radius 2 is 1.92 bits per heavy atom. The summed E-state index contributed by atoms with van der Waals surface area (Å²) in [5.41, 5.74) is 0.619. The van der Waals surface area contributed by atoms with Crippen molar-refractivity contribution in [2.75, 3.05) is 26.3 Å². The van der Waals surface area contributed by atoms with Crippen LogP contribution in [0.2, 0.25) is 0 Å². The number of amides is 1. The van der Waals surface area contributed by atoms with E-state index >= 15 is 0 Å². The quantitative estimate of drug-likeness (QED) is 0.589. The molecule has 2 atom stereocenters. The van der Waals surface area contributed by atoms with Gasteiger partial charge in [0.2, 0.25) is 11.8 Å². The number of ether oxygens (including phenoxy) is 4. The molecule has 2 unspecified atom stereocenters. The minimum atomic E-state index is -0.636. The number of rotatable bonds is 6. The van der Waals surface area contributed by atoms with Gasteiger partial charge in [-0.05, 0) is 56.7 Å². The van der Waals surface area contributed by atoms with E-state index in [2.05, 4.69) is 9.97 Å². The SMILES string of the molecule is CC1(OC(=O)N2CC3COCC(C2)C3Oc2ncnc(Oc3ccc(C#N)cc3F)c2C2CC2)CC1. The summed E-state index contributed by atoms with van der Waals surface area (Å²) in [6.07, 6.45) is 4.58. The zero-order valence-electron chi connectivity index (χ0n) is 20.0. The van der Waals surface area contributed by atoms with Crippen LogP contribution >= 0.6 is 0 Å². The Balaban J connectivity index is 1.22. The first-order valence-corrected chi connectivity index (χ1v) is 12.4. The van der Waals surface area contributed by atoms with E-state index in [9.17, 15) is 9.18 Å². The molecule has 6 rings (SSSR count). The van der Waals surface area contributed by atoms with E-state index < -0.39 is 5.82 Å². The third-order valence-electron chi connectivity index (χ3n) is 7.36. The molecule has 188 valence electrons. The summed E-state index contributed by atoms with van der Waals surface area (Å²) < 4.78 is 38.3. The topological polar surface area (TPSA) is 107 Å². The van der Waals surface area contributed by atoms with Crippen LogP contribution in [-0.2, 0) is 9.47 Å². The molecule has 0 radical (unpaired) electrons. The van der Waals surface area contributed by atoms with Crippen molar-refractivity contribution in [2.24, 2.45) is 11.8 Å². The fourth-order valence-electron chi connectivity index (χ4n) is 4.94. The largest absolute Gasteiger partial charge is 0.473 e. The number of piperidine rings is 1. The highest BCUT2D eigenvalue weighted by atomic mass is 19.1. The van der Waals surface area contributed by atoms with Gasteiger partial charge >= 0.3 is 6.09 Å². The highest BCUT2D eigenvalue weighted by molar-refractivity contribution is 5.68. The molecule has 9 nitrogen and oxygen atoms in total. The second-order valence-corrected chi connectivity index (χ2v) is 10.4. The molecule has 10 heteroatoms. The Kier molecular flexibility index (Phi) is 5.67. The molecule has 2 aromatic rings. The zero-order valence-corrected chi connectivity index (χ0v) is 20.0. The van der Waals surface area contributed by atoms with Crippen LogP contribution in [0.25, 0.3) is 0 Å². The maximum absolute atomic E-state index is 14.5. The fourth-order valence-corrected chi connectivity index (χ4v) is 4.94. The zero-order chi connectivity index (χ0) is 24.9. The standard InChI is InChI=1S/C26H27FN4O5/c1-26(6-7-26)36-25(32)31-10-17-12-33-13-18(11-31)22(17)35-24-21(16-3-4-16)23(29-14-30-24)34-20-5-2-15(9-28)8-19(20)27/h2,5,8,14,16-18,22H,3-4,6-7,10-13H2,1H3. The summed E-state index contributed by atoms with van der Waals surface area (Å²) in [6.45, 7) is 3.89. The molecule has 1 aromatic carbocycles. The van der Waals surface area contributed by atoms with Gasteiger partial charge in [-0.15, -0.1) is 0 Å². The van der Waals surface area contributed by atoms with E-state index in [0.29, 0.717) is 32.2 Å². The second kappa shape index (κ2) is 8.89. The Labute approximate surface area is 208 Å². The number of fused-ring (bicyclic) bond motifs is 2. The van der Waals surface area contributed by atoms with Crippen molar-refractivity contribution in [3.8, 4) is 23.6 Å². The molecule has 2 bridgehead atoms. The number of benzene rings is 1. The molecule has 1 aromatic heterocycles. The predicted octanol–water partition coefficient (Wildman–Crippen LogP) is 4.17. The van der Waals surface area contributed by atoms with Gasteiger partial charge in [0.15, 0.2) is 11.6 Å². The van der Waals surface area contributed by atoms with Crippen molar-refractivity contribution < 1.29 is 28.1 Å². The molecule has 4 fully saturated rings. The van der Waals surface area contributed by atoms with E-state index in [0.717, 1.165) is 37.3 Å². The number of hydrogen-bond donors (Lipinski definition) is 0. The minimum absolute atomic E-state index is 0.0120. The van der Waals surface area contributed by atoms with Gasteiger partial charge in [-0.25, -0.2) is 19.2 Å². The number of aromatic nitrogens is 2. The molecular weight excluding hydrogens is 467 g/mol. The van der Waals surface area contributed by atoms with Gasteiger partial charge in [-0.2, -0.15) is 5.26 Å². The first kappa shape index (κ1) is 23.0. The first-order chi connectivity index (χ1) is 17.4. The predicted molar refractivity (Wildman–Crippen MR) is 123 cm³/mol. The molecule has 36 heavy (non-hydrogen) atoms. The van der Waals surface area contributed by atoms with Crippen LogP contribution in [-0.4, -0.2) is 59.0 Å². The maximum Gasteiger partial charge on any atom is 0.410 e. The highest BCUT2D eigenvalue weighted by Crippen LogP contribution is 2.49. The lowest BCUT2D eigenvalue weighted by molar-refractivity contribution is -0.112. The van der Waals surface area contributed by atoms with Crippen LogP contribution < -0.4 is 9.47 Å². The number of nitrogens with zero attached hydrogens (tertiary/aromatic N) is 4. The lowest BCUT2D eigenvalue weighted by atomic mass is 9.84. The van der Waals surface area contributed by atoms with Crippen LogP contribution in [0.15, 0.2) is 24.5 Å². The average molecular weight is 495 g/mol. The average Bonchev–Trinajstić information content (AvgIpc) is 3.78. The van der Waals surface area contributed by atoms with Crippen molar-refractivity contribution in [1.29, 1.82) is 5.26 Å². The van der Waals surface area contributed by atoms with Crippen molar-refractivity contribution in [3.05, 3.63) is 41.5 Å². The van der Waals surface area contributed by atoms with Gasteiger partial charge < -0.3 is 23.8 Å². The lowest BCUT2D eigenvalue weighted by Gasteiger charge is -2.46. The maximum atomic E-state index is 14.5. The van der Waals surface area contributed by atoms with Crippen LogP contribution in [0.4, 0.5) is 9.18 Å². The summed E-state index contributed by atoms with van der Waals surface area (Å²) in [6, 6.07) is 5.97. The summed E-state index contributed by atoms with van der Waals surface area (Å²) in [5, 5.41) is 8.99. The normalized spacial score (nSPS) is 26.0. The van der Waals surface area contributed by atoms with Crippen LogP contribution in [0.3, 0.4) is 0 Å². The van der Waals surface area contributed by atoms with Gasteiger partial charge in [0.05, 0.1) is 30.4 Å². The van der Waals surface area contributed by atoms with Gasteiger partial charge in [-0.3, -0.25) is 0 Å². The molecule has 4 aliphatic rings. The Bertz CT molecular complexity index is 1210. The Morgan fingerprint density at radius 1 is 1.19 bits per heavy atom. The molecule has 2 saturated carbocycles. The number of hydrogen-bond acceptors (Lipinski definition) is 8. The summed E-state index contributed by atoms with van der Waals surface area (Å²) >= 11 is 0. The Morgan fingerprint density at radius 3 is 2.56 bits per heavy atom. The fraction of sp³-hybridized carbons (Fsp3) is 0.538. The molecular formula is C26H27FN4O5. The van der Waals surface area contributed by atoms with Crippen molar-refractivity contribution in [1.82, 2.24) is 14.9 Å². The van der Waals surface area contributed by atoms with E-state index in [-0.39, 0.29) is 52.7 Å². The summed E-state index contributed by atoms with van der Waals surface area (Å²) in [4.78, 5) is 23.2. The molecule has 2 saturated heterocycles. The molecule has 0 spiro atoms. The van der Waals surface area contributed by atoms with E-state index in [1.165, 1.54) is 18.5 Å². The van der Waals surface area contributed by atoms with Crippen LogP contribution in [0, 0.1) is 29.0 Å². The van der Waals surface area contributed by atoms with E-state index in [4.69, 9.17) is 24.2 Å². The second-order valence-electron chi connectivity index (χ2n) is 10.4. The van der Waals surface area contributed by atoms with Crippen LogP contribution in [0.1, 0.15) is 49.7 Å². The number of carbonyl (C=O) groups is 1. The number of halogens is 1. The minimum Gasteiger partial charge on any atom is -0.473 e. The smallest absolute Gasteiger partial charge is 0.410 e. The van der Waals surface area contributed by atoms with Gasteiger partial charge in [0.1, 0.15) is 18.0 Å². The summed E-state index contributed by atoms with van der Waals surface area (Å²) in [7, 11) is 0. The van der Waals surface area contributed by atoms with Gasteiger partial charge in [0, 0.05) is 24.9 Å². The number of likely N-dealkylation sites (tertiary alicyclic amines) is 1. The van der Waals surface area contributed by atoms with Crippen LogP contribution in [0.5, 0.6) is 17.5 Å². The molecule has 0 N–H and O–H groups in total. The molecule has 3 heterocycles. The van der Waals surface area contributed by atoms with Crippen molar-refractivity contribution in [3.63, 3.8) is 0 Å². The monoisotopic (exact) mass is 494 g/mol. The highest BCUT2D eigenvalue weighted by Gasteiger charge is 2.48. The Hall–Kier alpha value is -3.45. The third kappa shape index (κ3) is 4.55. The number of nitriles is 1.